The molecule has 4 nitrogen and oxygen atoms in total. The Morgan fingerprint density at radius 2 is 0.726 bits per heavy atom. The second kappa shape index (κ2) is 52.4. The molecule has 0 aliphatic heterocycles. The van der Waals surface area contributed by atoms with E-state index in [4.69, 9.17) is 0 Å². The number of unbranched alkanes of at least 4 members (excludes halogenated alkanes) is 23. The summed E-state index contributed by atoms with van der Waals surface area (Å²) >= 11 is 0. The van der Waals surface area contributed by atoms with E-state index < -0.39 is 12.1 Å². The first-order valence-corrected chi connectivity index (χ1v) is 26.1. The summed E-state index contributed by atoms with van der Waals surface area (Å²) in [5, 5.41) is 23.1. The van der Waals surface area contributed by atoms with Crippen LogP contribution in [0.5, 0.6) is 0 Å². The molecule has 62 heavy (non-hydrogen) atoms. The van der Waals surface area contributed by atoms with E-state index in [1.807, 2.05) is 6.08 Å². The van der Waals surface area contributed by atoms with Crippen LogP contribution in [0.4, 0.5) is 0 Å². The monoisotopic (exact) mass is 858 g/mol. The van der Waals surface area contributed by atoms with Gasteiger partial charge >= 0.3 is 0 Å². The Hall–Kier alpha value is -2.95. The smallest absolute Gasteiger partial charge is 0.220 e. The number of carbonyl (C=O) groups excluding carboxylic acids is 1. The third-order valence-corrected chi connectivity index (χ3v) is 11.2. The van der Waals surface area contributed by atoms with Crippen LogP contribution in [0.2, 0.25) is 0 Å². The van der Waals surface area contributed by atoms with Gasteiger partial charge in [0.15, 0.2) is 0 Å². The fourth-order valence-electron chi connectivity index (χ4n) is 7.27. The van der Waals surface area contributed by atoms with Crippen molar-refractivity contribution in [2.45, 2.75) is 244 Å². The molecule has 0 bridgehead atoms. The van der Waals surface area contributed by atoms with Crippen LogP contribution in [0, 0.1) is 0 Å². The Kier molecular flexibility index (Phi) is 49.9. The first-order valence-electron chi connectivity index (χ1n) is 26.1. The highest BCUT2D eigenvalue weighted by atomic mass is 16.3. The molecule has 0 aromatic rings. The molecule has 0 aliphatic carbocycles. The Labute approximate surface area is 385 Å². The van der Waals surface area contributed by atoms with Crippen molar-refractivity contribution < 1.29 is 15.0 Å². The maximum Gasteiger partial charge on any atom is 0.220 e. The highest BCUT2D eigenvalue weighted by Gasteiger charge is 2.17. The molecule has 354 valence electrons. The molecule has 0 aromatic heterocycles. The van der Waals surface area contributed by atoms with Gasteiger partial charge in [-0.2, -0.15) is 0 Å². The molecule has 3 N–H and O–H groups in total. The van der Waals surface area contributed by atoms with Crippen LogP contribution in [0.15, 0.2) is 109 Å². The zero-order valence-corrected chi connectivity index (χ0v) is 40.6. The zero-order chi connectivity index (χ0) is 44.9. The van der Waals surface area contributed by atoms with Gasteiger partial charge in [-0.1, -0.05) is 239 Å². The predicted molar refractivity (Wildman–Crippen MR) is 276 cm³/mol. The summed E-state index contributed by atoms with van der Waals surface area (Å²) in [7, 11) is 0. The van der Waals surface area contributed by atoms with Gasteiger partial charge in [0.25, 0.3) is 0 Å². The second-order valence-electron chi connectivity index (χ2n) is 17.2. The summed E-state index contributed by atoms with van der Waals surface area (Å²) in [6.45, 7) is 4.18. The molecule has 2 atom stereocenters. The van der Waals surface area contributed by atoms with Gasteiger partial charge in [-0.05, 0) is 96.3 Å². The van der Waals surface area contributed by atoms with Crippen molar-refractivity contribution in [3.8, 4) is 0 Å². The Balaban J connectivity index is 3.68. The van der Waals surface area contributed by atoms with E-state index in [1.54, 1.807) is 6.08 Å². The number of carbonyl (C=O) groups is 1. The molecule has 0 fully saturated rings. The lowest BCUT2D eigenvalue weighted by atomic mass is 10.0. The maximum atomic E-state index is 12.4. The summed E-state index contributed by atoms with van der Waals surface area (Å²) in [4.78, 5) is 12.4. The standard InChI is InChI=1S/C58H99NO3/c1-3-5-7-9-11-13-15-17-19-21-23-25-27-29-31-33-35-37-39-41-43-45-47-49-51-53-57(61)56(55-60)59-58(62)54-52-50-48-46-44-42-40-38-36-34-32-30-28-26-24-22-20-18-16-14-12-10-8-6-4-2/h6,8,12,14,18,20,24,26,30,32,35-38,43,45,51,53,56-57,60-61H,3-5,7,9-11,13,15-17,19,21-23,25,27-29,31,33-34,39-42,44,46-50,52,54-55H2,1-2H3,(H,59,62)/b8-6-,14-12-,20-18-,26-24-,32-30-,37-35+,38-36-,45-43+,53-51+. The second-order valence-corrected chi connectivity index (χ2v) is 17.2. The quantitative estimate of drug-likeness (QED) is 0.0422. The number of aliphatic hydroxyl groups is 2. The fraction of sp³-hybridized carbons (Fsp3) is 0.672. The van der Waals surface area contributed by atoms with Crippen LogP contribution in [0.25, 0.3) is 0 Å². The molecular weight excluding hydrogens is 759 g/mol. The third-order valence-electron chi connectivity index (χ3n) is 11.2. The fourth-order valence-corrected chi connectivity index (χ4v) is 7.27. The van der Waals surface area contributed by atoms with Gasteiger partial charge in [-0.25, -0.2) is 0 Å². The Morgan fingerprint density at radius 1 is 0.403 bits per heavy atom. The zero-order valence-electron chi connectivity index (χ0n) is 40.6. The lowest BCUT2D eigenvalue weighted by Gasteiger charge is -2.19. The predicted octanol–water partition coefficient (Wildman–Crippen LogP) is 17.1. The molecule has 1 amide bonds. The maximum absolute atomic E-state index is 12.4. The van der Waals surface area contributed by atoms with Crippen molar-refractivity contribution in [1.29, 1.82) is 0 Å². The molecule has 0 heterocycles. The molecule has 0 aliphatic rings. The number of rotatable bonds is 46. The van der Waals surface area contributed by atoms with Gasteiger partial charge in [-0.3, -0.25) is 4.79 Å². The van der Waals surface area contributed by atoms with Crippen molar-refractivity contribution in [3.05, 3.63) is 109 Å². The number of allylic oxidation sites excluding steroid dienone is 17. The summed E-state index contributed by atoms with van der Waals surface area (Å²) in [5.41, 5.74) is 0. The van der Waals surface area contributed by atoms with Gasteiger partial charge < -0.3 is 15.5 Å². The largest absolute Gasteiger partial charge is 0.394 e. The number of nitrogens with one attached hydrogen (secondary N) is 1. The van der Waals surface area contributed by atoms with Crippen LogP contribution in [0.3, 0.4) is 0 Å². The van der Waals surface area contributed by atoms with Gasteiger partial charge in [0.1, 0.15) is 0 Å². The lowest BCUT2D eigenvalue weighted by molar-refractivity contribution is -0.123. The SMILES string of the molecule is CC/C=C\C/C=C\C/C=C\C/C=C\C/C=C\C/C=C\CCCCCCCCC(=O)NC(CO)C(O)/C=C/CC/C=C/CC/C=C/CCCCCCCCCCCCCCCCC. The van der Waals surface area contributed by atoms with Crippen LogP contribution >= 0.6 is 0 Å². The topological polar surface area (TPSA) is 69.6 Å². The molecule has 2 unspecified atom stereocenters. The first-order chi connectivity index (χ1) is 30.7. The van der Waals surface area contributed by atoms with Gasteiger partial charge in [0.2, 0.25) is 5.91 Å². The average molecular weight is 858 g/mol. The highest BCUT2D eigenvalue weighted by Crippen LogP contribution is 2.14. The normalized spacial score (nSPS) is 13.8. The minimum Gasteiger partial charge on any atom is -0.394 e. The average Bonchev–Trinajstić information content (AvgIpc) is 3.28. The van der Waals surface area contributed by atoms with Crippen molar-refractivity contribution in [1.82, 2.24) is 5.32 Å². The van der Waals surface area contributed by atoms with E-state index in [-0.39, 0.29) is 12.5 Å². The third kappa shape index (κ3) is 48.1. The lowest BCUT2D eigenvalue weighted by Crippen LogP contribution is -2.45. The molecular formula is C58H99NO3. The van der Waals surface area contributed by atoms with E-state index in [0.717, 1.165) is 89.9 Å². The molecule has 0 saturated carbocycles. The van der Waals surface area contributed by atoms with Crippen LogP contribution in [-0.4, -0.2) is 34.9 Å². The van der Waals surface area contributed by atoms with Crippen LogP contribution < -0.4 is 5.32 Å². The molecule has 4 heteroatoms. The van der Waals surface area contributed by atoms with Crippen LogP contribution in [0.1, 0.15) is 232 Å². The van der Waals surface area contributed by atoms with Crippen molar-refractivity contribution >= 4 is 5.91 Å². The van der Waals surface area contributed by atoms with Crippen molar-refractivity contribution in [3.63, 3.8) is 0 Å². The molecule has 0 radical (unpaired) electrons. The first kappa shape index (κ1) is 59.1. The highest BCUT2D eigenvalue weighted by molar-refractivity contribution is 5.76. The van der Waals surface area contributed by atoms with E-state index in [2.05, 4.69) is 116 Å². The molecule has 0 rings (SSSR count). The number of amides is 1. The molecule has 0 spiro atoms. The molecule has 0 saturated heterocycles. The van der Waals surface area contributed by atoms with E-state index in [0.29, 0.717) is 6.42 Å². The van der Waals surface area contributed by atoms with Crippen LogP contribution in [-0.2, 0) is 4.79 Å². The molecule has 0 aromatic carbocycles. The van der Waals surface area contributed by atoms with Gasteiger partial charge in [0, 0.05) is 6.42 Å². The number of hydrogen-bond acceptors (Lipinski definition) is 3. The van der Waals surface area contributed by atoms with Crippen molar-refractivity contribution in [2.24, 2.45) is 0 Å². The van der Waals surface area contributed by atoms with E-state index >= 15 is 0 Å². The summed E-state index contributed by atoms with van der Waals surface area (Å²) in [5.74, 6) is -0.0963. The summed E-state index contributed by atoms with van der Waals surface area (Å²) in [6.07, 6.45) is 79.4. The number of aliphatic hydroxyl groups excluding tert-OH is 2. The minimum absolute atomic E-state index is 0.0963. The minimum atomic E-state index is -0.885. The Morgan fingerprint density at radius 3 is 1.13 bits per heavy atom. The van der Waals surface area contributed by atoms with Gasteiger partial charge in [0.05, 0.1) is 18.8 Å². The van der Waals surface area contributed by atoms with Gasteiger partial charge in [-0.15, -0.1) is 0 Å². The number of hydrogen-bond donors (Lipinski definition) is 3. The van der Waals surface area contributed by atoms with E-state index in [1.165, 1.54) is 122 Å². The Bertz CT molecular complexity index is 1200. The van der Waals surface area contributed by atoms with Crippen molar-refractivity contribution in [2.75, 3.05) is 6.61 Å². The van der Waals surface area contributed by atoms with E-state index in [9.17, 15) is 15.0 Å². The summed E-state index contributed by atoms with van der Waals surface area (Å²) in [6, 6.07) is -0.663. The summed E-state index contributed by atoms with van der Waals surface area (Å²) < 4.78 is 0.